The van der Waals surface area contributed by atoms with Gasteiger partial charge in [-0.05, 0) is 96.4 Å². The predicted molar refractivity (Wildman–Crippen MR) is 276 cm³/mol. The summed E-state index contributed by atoms with van der Waals surface area (Å²) in [5.74, 6) is 0.451. The van der Waals surface area contributed by atoms with E-state index in [2.05, 4.69) is 102 Å². The molecular formula is C58H57F2IrN5OSi-2. The average molecular weight is 1100 g/mol. The van der Waals surface area contributed by atoms with Crippen LogP contribution in [0.2, 0.25) is 19.6 Å². The first-order chi connectivity index (χ1) is 34.3. The molecule has 0 atom stereocenters. The molecule has 1 radical (unpaired) electrons. The van der Waals surface area contributed by atoms with Crippen molar-refractivity contribution in [3.8, 4) is 28.3 Å². The van der Waals surface area contributed by atoms with Gasteiger partial charge in [0.2, 0.25) is 5.71 Å². The molecule has 10 heteroatoms. The van der Waals surface area contributed by atoms with Crippen LogP contribution in [0.1, 0.15) is 95.1 Å². The maximum atomic E-state index is 14.2. The molecule has 10 aromatic rings. The Morgan fingerprint density at radius 3 is 2.18 bits per heavy atom. The van der Waals surface area contributed by atoms with Gasteiger partial charge in [-0.2, -0.15) is 0 Å². The summed E-state index contributed by atoms with van der Waals surface area (Å²) in [5, 5.41) is 4.33. The van der Waals surface area contributed by atoms with Crippen LogP contribution in [-0.4, -0.2) is 32.6 Å². The molecule has 0 N–H and O–H groups in total. The standard InChI is InChI=1S/C39H32FN4O.C19H25FNSi.Ir/c1-20(2)29-16-22(5)17-30(21(3)4)35(29)44-36-33(14-12-24-11-10-23(6)41-34(24)36)42-38(44)28-9-7-8-27-31-19-25-18-26(40)13-15-32(25)43-39(31)45-37(27)28;1-13(2)9-15-11-18(21-12-19(15)22(4,5)6)17-8-7-16(20)10-14(17)3;/h7-8,10-21H,1-6H3;7,10-13H,9H2,1-6H3;/q2*-1;/i6D3;3D3;. The van der Waals surface area contributed by atoms with Crippen molar-refractivity contribution in [3.05, 3.63) is 154 Å². The van der Waals surface area contributed by atoms with Crippen molar-refractivity contribution >= 4 is 68.2 Å². The molecule has 0 aliphatic rings. The smallest absolute Gasteiger partial charge is 0.216 e. The molecule has 6 nitrogen and oxygen atoms in total. The number of hydrogen-bond acceptors (Lipinski definition) is 5. The van der Waals surface area contributed by atoms with E-state index in [0.29, 0.717) is 67.3 Å². The number of hydrogen-bond donors (Lipinski definition) is 0. The normalized spacial score (nSPS) is 13.7. The minimum Gasteiger partial charge on any atom is -0.486 e. The molecule has 5 aromatic heterocycles. The van der Waals surface area contributed by atoms with Gasteiger partial charge in [-0.15, -0.1) is 47.5 Å². The van der Waals surface area contributed by atoms with E-state index in [1.807, 2.05) is 48.7 Å². The topological polar surface area (TPSA) is 69.6 Å². The number of nitrogens with zero attached hydrogens (tertiary/aromatic N) is 5. The number of imidazole rings is 1. The number of pyridine rings is 3. The summed E-state index contributed by atoms with van der Waals surface area (Å²) < 4.78 is 83.9. The number of rotatable bonds is 8. The Labute approximate surface area is 421 Å². The third-order valence-electron chi connectivity index (χ3n) is 12.2. The van der Waals surface area contributed by atoms with Crippen molar-refractivity contribution in [2.75, 3.05) is 0 Å². The maximum Gasteiger partial charge on any atom is 0.216 e. The molecule has 0 saturated carbocycles. The van der Waals surface area contributed by atoms with E-state index in [1.165, 1.54) is 28.9 Å². The van der Waals surface area contributed by atoms with Gasteiger partial charge in [-0.3, -0.25) is 14.4 Å². The molecule has 0 aliphatic carbocycles. The summed E-state index contributed by atoms with van der Waals surface area (Å²) in [4.78, 5) is 19.3. The van der Waals surface area contributed by atoms with Crippen LogP contribution in [0.3, 0.4) is 0 Å². The van der Waals surface area contributed by atoms with Gasteiger partial charge in [-0.1, -0.05) is 120 Å². The first-order valence-corrected chi connectivity index (χ1v) is 26.3. The van der Waals surface area contributed by atoms with Gasteiger partial charge >= 0.3 is 0 Å². The molecule has 0 fully saturated rings. The Hall–Kier alpha value is -5.93. The van der Waals surface area contributed by atoms with Crippen molar-refractivity contribution in [1.82, 2.24) is 24.5 Å². The molecule has 68 heavy (non-hydrogen) atoms. The molecule has 0 amide bonds. The zero-order chi connectivity index (χ0) is 52.6. The summed E-state index contributed by atoms with van der Waals surface area (Å²) in [6.07, 6.45) is 2.78. The van der Waals surface area contributed by atoms with Crippen LogP contribution < -0.4 is 5.19 Å². The Bertz CT molecular complexity index is 3760. The molecule has 10 rings (SSSR count). The van der Waals surface area contributed by atoms with Gasteiger partial charge in [0.25, 0.3) is 0 Å². The summed E-state index contributed by atoms with van der Waals surface area (Å²) in [6, 6.07) is 32.3. The number of aromatic nitrogens is 5. The molecule has 0 saturated heterocycles. The zero-order valence-corrected chi connectivity index (χ0v) is 43.3. The first kappa shape index (κ1) is 41.1. The fourth-order valence-corrected chi connectivity index (χ4v) is 10.8. The molecule has 349 valence electrons. The summed E-state index contributed by atoms with van der Waals surface area (Å²) in [5.41, 5.74) is 10.7. The van der Waals surface area contributed by atoms with Crippen LogP contribution in [0.5, 0.6) is 0 Å². The molecule has 0 unspecified atom stereocenters. The summed E-state index contributed by atoms with van der Waals surface area (Å²) >= 11 is 0. The van der Waals surface area contributed by atoms with Crippen LogP contribution in [0.15, 0.2) is 102 Å². The van der Waals surface area contributed by atoms with Crippen molar-refractivity contribution < 1.29 is 41.5 Å². The average Bonchev–Trinajstić information content (AvgIpc) is 3.88. The van der Waals surface area contributed by atoms with Crippen molar-refractivity contribution in [2.24, 2.45) is 5.92 Å². The number of benzene rings is 5. The van der Waals surface area contributed by atoms with E-state index in [4.69, 9.17) is 27.6 Å². The number of fused-ring (bicyclic) bond motifs is 7. The van der Waals surface area contributed by atoms with Gasteiger partial charge in [0.15, 0.2) is 0 Å². The predicted octanol–water partition coefficient (Wildman–Crippen LogP) is 15.2. The van der Waals surface area contributed by atoms with E-state index in [1.54, 1.807) is 12.1 Å². The minimum atomic E-state index is -2.41. The zero-order valence-electron chi connectivity index (χ0n) is 45.9. The SMILES string of the molecule is [2H]C([2H])([2H])c1cc(F)c[c-]c1-c1cc(CC(C)C)c([Si](C)(C)C)cn1.[2H]C([2H])([2H])c1ccc2ccc3nc(-c4[c-]ccc5c4oc4nc6ccc(F)cc6cc45)n(-c4c(C(C)C)cc(C)cc4C(C)C)c3c2n1.[Ir]. The Kier molecular flexibility index (Phi) is 11.4. The van der Waals surface area contributed by atoms with E-state index in [0.717, 1.165) is 51.0 Å². The van der Waals surface area contributed by atoms with Gasteiger partial charge in [0.1, 0.15) is 5.82 Å². The van der Waals surface area contributed by atoms with Crippen LogP contribution in [0, 0.1) is 50.3 Å². The van der Waals surface area contributed by atoms with Crippen LogP contribution in [0.4, 0.5) is 8.78 Å². The fourth-order valence-electron chi connectivity index (χ4n) is 9.17. The fraction of sp³-hybridized carbons (Fsp3) is 0.276. The van der Waals surface area contributed by atoms with Crippen molar-refractivity contribution in [2.45, 2.75) is 100 Å². The molecular weight excluding hydrogens is 1040 g/mol. The van der Waals surface area contributed by atoms with E-state index >= 15 is 0 Å². The summed E-state index contributed by atoms with van der Waals surface area (Å²) in [6.45, 7) is 17.1. The number of furan rings is 1. The third-order valence-corrected chi connectivity index (χ3v) is 14.3. The number of aryl methyl sites for hydroxylation is 3. The quantitative estimate of drug-likeness (QED) is 0.112. The molecule has 0 aliphatic heterocycles. The van der Waals surface area contributed by atoms with E-state index < -0.39 is 27.6 Å². The van der Waals surface area contributed by atoms with E-state index in [-0.39, 0.29) is 49.0 Å². The van der Waals surface area contributed by atoms with Gasteiger partial charge < -0.3 is 14.0 Å². The second kappa shape index (κ2) is 18.9. The Morgan fingerprint density at radius 2 is 1.49 bits per heavy atom. The molecule has 5 heterocycles. The van der Waals surface area contributed by atoms with Crippen molar-refractivity contribution in [3.63, 3.8) is 0 Å². The Balaban J connectivity index is 0.000000238. The first-order valence-electron chi connectivity index (χ1n) is 25.8. The third kappa shape index (κ3) is 9.18. The van der Waals surface area contributed by atoms with Gasteiger partial charge in [0, 0.05) is 67.9 Å². The maximum absolute atomic E-state index is 14.2. The molecule has 0 spiro atoms. The summed E-state index contributed by atoms with van der Waals surface area (Å²) in [7, 11) is -1.57. The van der Waals surface area contributed by atoms with Crippen LogP contribution in [-0.2, 0) is 26.5 Å². The van der Waals surface area contributed by atoms with Crippen molar-refractivity contribution in [1.29, 1.82) is 0 Å². The largest absolute Gasteiger partial charge is 0.486 e. The second-order valence-electron chi connectivity index (χ2n) is 19.6. The van der Waals surface area contributed by atoms with Crippen LogP contribution in [0.25, 0.3) is 83.2 Å². The van der Waals surface area contributed by atoms with Gasteiger partial charge in [0.05, 0.1) is 41.5 Å². The molecule has 0 bridgehead atoms. The van der Waals surface area contributed by atoms with Gasteiger partial charge in [-0.25, -0.2) is 9.37 Å². The van der Waals surface area contributed by atoms with Crippen LogP contribution >= 0.6 is 0 Å². The number of halogens is 2. The monoisotopic (exact) mass is 1100 g/mol. The molecule has 5 aromatic carbocycles. The minimum absolute atomic E-state index is 0. The Morgan fingerprint density at radius 1 is 0.750 bits per heavy atom. The second-order valence-corrected chi connectivity index (χ2v) is 24.7. The van der Waals surface area contributed by atoms with E-state index in [9.17, 15) is 8.78 Å².